The van der Waals surface area contributed by atoms with Crippen molar-refractivity contribution in [3.8, 4) is 0 Å². The minimum atomic E-state index is 0.472. The predicted octanol–water partition coefficient (Wildman–Crippen LogP) is 3.37. The predicted molar refractivity (Wildman–Crippen MR) is 65.1 cm³/mol. The van der Waals surface area contributed by atoms with Gasteiger partial charge in [-0.1, -0.05) is 13.8 Å². The van der Waals surface area contributed by atoms with Crippen LogP contribution in [-0.2, 0) is 0 Å². The van der Waals surface area contributed by atoms with E-state index in [1.54, 1.807) is 11.3 Å². The summed E-state index contributed by atoms with van der Waals surface area (Å²) in [7, 11) is 0. The first kappa shape index (κ1) is 11.1. The molecule has 15 heavy (non-hydrogen) atoms. The fourth-order valence-electron chi connectivity index (χ4n) is 2.41. The molecule has 0 aliphatic heterocycles. The molecule has 1 aliphatic rings. The SMILES string of the molecule is CCC(NC1CCC(C)C1)c1nccs1. The number of rotatable bonds is 4. The van der Waals surface area contributed by atoms with Crippen molar-refractivity contribution in [2.24, 2.45) is 5.92 Å². The van der Waals surface area contributed by atoms with Crippen molar-refractivity contribution < 1.29 is 0 Å². The van der Waals surface area contributed by atoms with Crippen LogP contribution < -0.4 is 5.32 Å². The molecule has 1 aromatic rings. The first-order chi connectivity index (χ1) is 7.29. The van der Waals surface area contributed by atoms with Crippen LogP contribution in [0, 0.1) is 5.92 Å². The van der Waals surface area contributed by atoms with E-state index in [-0.39, 0.29) is 0 Å². The van der Waals surface area contributed by atoms with E-state index < -0.39 is 0 Å². The molecular weight excluding hydrogens is 204 g/mol. The Morgan fingerprint density at radius 3 is 3.00 bits per heavy atom. The largest absolute Gasteiger partial charge is 0.305 e. The lowest BCUT2D eigenvalue weighted by Gasteiger charge is -2.19. The molecule has 0 spiro atoms. The smallest absolute Gasteiger partial charge is 0.109 e. The fraction of sp³-hybridized carbons (Fsp3) is 0.750. The highest BCUT2D eigenvalue weighted by Gasteiger charge is 2.24. The summed E-state index contributed by atoms with van der Waals surface area (Å²) in [4.78, 5) is 4.40. The Morgan fingerprint density at radius 2 is 2.47 bits per heavy atom. The molecule has 1 heterocycles. The minimum absolute atomic E-state index is 0.472. The van der Waals surface area contributed by atoms with E-state index in [9.17, 15) is 0 Å². The highest BCUT2D eigenvalue weighted by Crippen LogP contribution is 2.28. The summed E-state index contributed by atoms with van der Waals surface area (Å²) in [6.07, 6.45) is 7.09. The third-order valence-electron chi connectivity index (χ3n) is 3.29. The van der Waals surface area contributed by atoms with Gasteiger partial charge in [0.2, 0.25) is 0 Å². The van der Waals surface area contributed by atoms with Crippen molar-refractivity contribution in [3.63, 3.8) is 0 Å². The first-order valence-electron chi connectivity index (χ1n) is 5.95. The molecule has 2 nitrogen and oxygen atoms in total. The zero-order chi connectivity index (χ0) is 10.7. The van der Waals surface area contributed by atoms with Crippen LogP contribution in [0.25, 0.3) is 0 Å². The number of hydrogen-bond acceptors (Lipinski definition) is 3. The molecule has 1 aliphatic carbocycles. The Bertz CT molecular complexity index is 284. The summed E-state index contributed by atoms with van der Waals surface area (Å²) in [5.41, 5.74) is 0. The van der Waals surface area contributed by atoms with Crippen LogP contribution in [-0.4, -0.2) is 11.0 Å². The van der Waals surface area contributed by atoms with Crippen molar-refractivity contribution >= 4 is 11.3 Å². The molecule has 0 saturated heterocycles. The Hall–Kier alpha value is -0.410. The van der Waals surface area contributed by atoms with Crippen LogP contribution >= 0.6 is 11.3 Å². The third-order valence-corrected chi connectivity index (χ3v) is 4.18. The van der Waals surface area contributed by atoms with E-state index in [2.05, 4.69) is 29.5 Å². The molecule has 84 valence electrons. The lowest BCUT2D eigenvalue weighted by Crippen LogP contribution is -2.30. The number of thiazole rings is 1. The van der Waals surface area contributed by atoms with E-state index in [1.807, 2.05) is 6.20 Å². The number of nitrogens with zero attached hydrogens (tertiary/aromatic N) is 1. The van der Waals surface area contributed by atoms with Gasteiger partial charge >= 0.3 is 0 Å². The van der Waals surface area contributed by atoms with Crippen molar-refractivity contribution in [2.45, 2.75) is 51.6 Å². The molecule has 1 aromatic heterocycles. The molecule has 3 heteroatoms. The molecule has 1 saturated carbocycles. The van der Waals surface area contributed by atoms with Gasteiger partial charge in [-0.05, 0) is 31.6 Å². The number of nitrogens with one attached hydrogen (secondary N) is 1. The molecule has 3 unspecified atom stereocenters. The maximum atomic E-state index is 4.40. The van der Waals surface area contributed by atoms with Gasteiger partial charge in [0.1, 0.15) is 5.01 Å². The Labute approximate surface area is 96.1 Å². The van der Waals surface area contributed by atoms with E-state index >= 15 is 0 Å². The van der Waals surface area contributed by atoms with Crippen molar-refractivity contribution in [3.05, 3.63) is 16.6 Å². The van der Waals surface area contributed by atoms with Gasteiger partial charge in [-0.15, -0.1) is 11.3 Å². The highest BCUT2D eigenvalue weighted by atomic mass is 32.1. The quantitative estimate of drug-likeness (QED) is 0.848. The summed E-state index contributed by atoms with van der Waals surface area (Å²) in [5, 5.41) is 7.06. The maximum Gasteiger partial charge on any atom is 0.109 e. The van der Waals surface area contributed by atoms with E-state index in [0.717, 1.165) is 12.3 Å². The van der Waals surface area contributed by atoms with Crippen LogP contribution in [0.4, 0.5) is 0 Å². The number of hydrogen-bond donors (Lipinski definition) is 1. The summed E-state index contributed by atoms with van der Waals surface area (Å²) in [5.74, 6) is 0.899. The monoisotopic (exact) mass is 224 g/mol. The number of aromatic nitrogens is 1. The Kier molecular flexibility index (Phi) is 3.76. The highest BCUT2D eigenvalue weighted by molar-refractivity contribution is 7.09. The molecular formula is C12H20N2S. The lowest BCUT2D eigenvalue weighted by molar-refractivity contribution is 0.420. The Balaban J connectivity index is 1.91. The zero-order valence-electron chi connectivity index (χ0n) is 9.57. The molecule has 0 amide bonds. The first-order valence-corrected chi connectivity index (χ1v) is 6.83. The average Bonchev–Trinajstić information content (AvgIpc) is 2.85. The van der Waals surface area contributed by atoms with Gasteiger partial charge in [-0.2, -0.15) is 0 Å². The van der Waals surface area contributed by atoms with E-state index in [1.165, 1.54) is 24.3 Å². The van der Waals surface area contributed by atoms with Gasteiger partial charge in [0, 0.05) is 17.6 Å². The summed E-state index contributed by atoms with van der Waals surface area (Å²) in [6.45, 7) is 4.59. The van der Waals surface area contributed by atoms with Crippen molar-refractivity contribution in [2.75, 3.05) is 0 Å². The van der Waals surface area contributed by atoms with E-state index in [4.69, 9.17) is 0 Å². The molecule has 2 rings (SSSR count). The lowest BCUT2D eigenvalue weighted by atomic mass is 10.1. The zero-order valence-corrected chi connectivity index (χ0v) is 10.4. The van der Waals surface area contributed by atoms with Crippen molar-refractivity contribution in [1.29, 1.82) is 0 Å². The normalized spacial score (nSPS) is 28.1. The van der Waals surface area contributed by atoms with Crippen LogP contribution in [0.5, 0.6) is 0 Å². The molecule has 0 radical (unpaired) electrons. The van der Waals surface area contributed by atoms with Crippen LogP contribution in [0.1, 0.15) is 50.6 Å². The fourth-order valence-corrected chi connectivity index (χ4v) is 3.20. The second-order valence-electron chi connectivity index (χ2n) is 4.61. The standard InChI is InChI=1S/C12H20N2S/c1-3-11(12-13-6-7-15-12)14-10-5-4-9(2)8-10/h6-7,9-11,14H,3-5,8H2,1-2H3. The van der Waals surface area contributed by atoms with Gasteiger partial charge in [-0.3, -0.25) is 0 Å². The van der Waals surface area contributed by atoms with Gasteiger partial charge in [0.25, 0.3) is 0 Å². The van der Waals surface area contributed by atoms with Gasteiger partial charge in [0.15, 0.2) is 0 Å². The van der Waals surface area contributed by atoms with Crippen LogP contribution in [0.2, 0.25) is 0 Å². The van der Waals surface area contributed by atoms with Crippen molar-refractivity contribution in [1.82, 2.24) is 10.3 Å². The maximum absolute atomic E-state index is 4.40. The molecule has 1 N–H and O–H groups in total. The summed E-state index contributed by atoms with van der Waals surface area (Å²) in [6, 6.07) is 1.19. The molecule has 0 aromatic carbocycles. The van der Waals surface area contributed by atoms with Gasteiger partial charge < -0.3 is 5.32 Å². The summed E-state index contributed by atoms with van der Waals surface area (Å²) >= 11 is 1.77. The summed E-state index contributed by atoms with van der Waals surface area (Å²) < 4.78 is 0. The Morgan fingerprint density at radius 1 is 1.60 bits per heavy atom. The third kappa shape index (κ3) is 2.79. The van der Waals surface area contributed by atoms with Gasteiger partial charge in [-0.25, -0.2) is 4.98 Å². The second-order valence-corrected chi connectivity index (χ2v) is 5.54. The van der Waals surface area contributed by atoms with Crippen LogP contribution in [0.15, 0.2) is 11.6 Å². The average molecular weight is 224 g/mol. The topological polar surface area (TPSA) is 24.9 Å². The van der Waals surface area contributed by atoms with Gasteiger partial charge in [0.05, 0.1) is 6.04 Å². The second kappa shape index (κ2) is 5.08. The molecule has 3 atom stereocenters. The van der Waals surface area contributed by atoms with Crippen LogP contribution in [0.3, 0.4) is 0 Å². The minimum Gasteiger partial charge on any atom is -0.305 e. The molecule has 0 bridgehead atoms. The van der Waals surface area contributed by atoms with E-state index in [0.29, 0.717) is 12.1 Å². The molecule has 1 fully saturated rings.